The molecule has 0 radical (unpaired) electrons. The number of hydrogen-bond acceptors (Lipinski definition) is 3. The van der Waals surface area contributed by atoms with Gasteiger partial charge in [-0.3, -0.25) is 4.79 Å². The van der Waals surface area contributed by atoms with Crippen molar-refractivity contribution >= 4 is 18.3 Å². The van der Waals surface area contributed by atoms with E-state index in [1.165, 1.54) is 0 Å². The van der Waals surface area contributed by atoms with Gasteiger partial charge < -0.3 is 15.4 Å². The lowest BCUT2D eigenvalue weighted by atomic mass is 9.86. The molecule has 0 aliphatic heterocycles. The molecule has 0 saturated carbocycles. The van der Waals surface area contributed by atoms with Gasteiger partial charge in [-0.05, 0) is 24.0 Å². The third-order valence-electron chi connectivity index (χ3n) is 3.35. The molecule has 21 heavy (non-hydrogen) atoms. The van der Waals surface area contributed by atoms with E-state index in [-0.39, 0.29) is 23.7 Å². The van der Waals surface area contributed by atoms with Gasteiger partial charge in [0.1, 0.15) is 12.4 Å². The van der Waals surface area contributed by atoms with Crippen LogP contribution in [-0.4, -0.2) is 37.0 Å². The lowest BCUT2D eigenvalue weighted by Gasteiger charge is -2.30. The van der Waals surface area contributed by atoms with E-state index >= 15 is 0 Å². The van der Waals surface area contributed by atoms with Gasteiger partial charge in [0.25, 0.3) is 0 Å². The number of nitrogens with two attached hydrogens (primary N) is 1. The zero-order chi connectivity index (χ0) is 15.3. The predicted octanol–water partition coefficient (Wildman–Crippen LogP) is 2.63. The standard InChI is InChI=1S/C16H26N2O2.ClH/c1-12-8-6-7-9-13(12)20-11-10-18(5)15(19)14(17)16(2,3)4;/h6-9,14H,10-11,17H2,1-5H3;1H/t14-;/m1./s1. The summed E-state index contributed by atoms with van der Waals surface area (Å²) in [7, 11) is 1.76. The van der Waals surface area contributed by atoms with Gasteiger partial charge in [0.2, 0.25) is 5.91 Å². The second kappa shape index (κ2) is 8.25. The second-order valence-electron chi connectivity index (χ2n) is 6.22. The van der Waals surface area contributed by atoms with Gasteiger partial charge in [0.15, 0.2) is 0 Å². The van der Waals surface area contributed by atoms with Crippen LogP contribution in [0, 0.1) is 12.3 Å². The highest BCUT2D eigenvalue weighted by Crippen LogP contribution is 2.19. The van der Waals surface area contributed by atoms with Crippen LogP contribution < -0.4 is 10.5 Å². The molecular formula is C16H27ClN2O2. The highest BCUT2D eigenvalue weighted by Gasteiger charge is 2.29. The van der Waals surface area contributed by atoms with Crippen LogP contribution in [0.15, 0.2) is 24.3 Å². The van der Waals surface area contributed by atoms with Gasteiger partial charge in [-0.2, -0.15) is 0 Å². The first-order valence-electron chi connectivity index (χ1n) is 6.92. The maximum atomic E-state index is 12.1. The van der Waals surface area contributed by atoms with Crippen LogP contribution in [0.3, 0.4) is 0 Å². The summed E-state index contributed by atoms with van der Waals surface area (Å²) in [5.41, 5.74) is 6.83. The van der Waals surface area contributed by atoms with Gasteiger partial charge in [0, 0.05) is 7.05 Å². The van der Waals surface area contributed by atoms with Crippen molar-refractivity contribution in [1.29, 1.82) is 0 Å². The Labute approximate surface area is 134 Å². The summed E-state index contributed by atoms with van der Waals surface area (Å²) in [6, 6.07) is 7.34. The highest BCUT2D eigenvalue weighted by molar-refractivity contribution is 5.85. The summed E-state index contributed by atoms with van der Waals surface area (Å²) >= 11 is 0. The monoisotopic (exact) mass is 314 g/mol. The second-order valence-corrected chi connectivity index (χ2v) is 6.22. The molecule has 1 aromatic rings. The Bertz CT molecular complexity index is 458. The number of halogens is 1. The quantitative estimate of drug-likeness (QED) is 0.909. The molecule has 0 bridgehead atoms. The topological polar surface area (TPSA) is 55.6 Å². The minimum Gasteiger partial charge on any atom is -0.491 e. The summed E-state index contributed by atoms with van der Waals surface area (Å²) in [6.45, 7) is 8.88. The van der Waals surface area contributed by atoms with Crippen molar-refractivity contribution in [2.75, 3.05) is 20.2 Å². The lowest BCUT2D eigenvalue weighted by molar-refractivity contribution is -0.133. The van der Waals surface area contributed by atoms with E-state index in [9.17, 15) is 4.79 Å². The normalized spacial score (nSPS) is 12.3. The van der Waals surface area contributed by atoms with Crippen LogP contribution >= 0.6 is 12.4 Å². The van der Waals surface area contributed by atoms with E-state index in [2.05, 4.69) is 0 Å². The highest BCUT2D eigenvalue weighted by atomic mass is 35.5. The van der Waals surface area contributed by atoms with E-state index in [1.54, 1.807) is 11.9 Å². The number of nitrogens with zero attached hydrogens (tertiary/aromatic N) is 1. The molecule has 1 amide bonds. The van der Waals surface area contributed by atoms with Crippen LogP contribution in [0.1, 0.15) is 26.3 Å². The molecule has 0 aliphatic rings. The Morgan fingerprint density at radius 3 is 2.43 bits per heavy atom. The van der Waals surface area contributed by atoms with Crippen molar-refractivity contribution in [1.82, 2.24) is 4.90 Å². The summed E-state index contributed by atoms with van der Waals surface area (Å²) < 4.78 is 5.69. The molecule has 5 heteroatoms. The minimum atomic E-state index is -0.494. The Morgan fingerprint density at radius 1 is 1.33 bits per heavy atom. The smallest absolute Gasteiger partial charge is 0.239 e. The number of benzene rings is 1. The third kappa shape index (κ3) is 5.94. The maximum Gasteiger partial charge on any atom is 0.239 e. The maximum absolute atomic E-state index is 12.1. The van der Waals surface area contributed by atoms with Gasteiger partial charge in [-0.1, -0.05) is 39.0 Å². The molecule has 120 valence electrons. The number of ether oxygens (including phenoxy) is 1. The molecule has 0 unspecified atom stereocenters. The molecule has 0 spiro atoms. The summed E-state index contributed by atoms with van der Waals surface area (Å²) in [4.78, 5) is 13.8. The third-order valence-corrected chi connectivity index (χ3v) is 3.35. The minimum absolute atomic E-state index is 0. The van der Waals surface area contributed by atoms with E-state index in [1.807, 2.05) is 52.0 Å². The summed E-state index contributed by atoms with van der Waals surface area (Å²) in [5, 5.41) is 0. The molecular weight excluding hydrogens is 288 g/mol. The number of aryl methyl sites for hydroxylation is 1. The van der Waals surface area contributed by atoms with E-state index < -0.39 is 6.04 Å². The number of carbonyl (C=O) groups is 1. The van der Waals surface area contributed by atoms with Crippen LogP contribution in [0.2, 0.25) is 0 Å². The molecule has 2 N–H and O–H groups in total. The fourth-order valence-corrected chi connectivity index (χ4v) is 1.73. The van der Waals surface area contributed by atoms with Crippen molar-refractivity contribution in [3.8, 4) is 5.75 Å². The predicted molar refractivity (Wildman–Crippen MR) is 89.0 cm³/mol. The van der Waals surface area contributed by atoms with Crippen molar-refractivity contribution < 1.29 is 9.53 Å². The first-order valence-corrected chi connectivity index (χ1v) is 6.92. The number of para-hydroxylation sites is 1. The number of carbonyl (C=O) groups excluding carboxylic acids is 1. The molecule has 0 aromatic heterocycles. The fraction of sp³-hybridized carbons (Fsp3) is 0.562. The molecule has 0 heterocycles. The van der Waals surface area contributed by atoms with Crippen molar-refractivity contribution in [3.05, 3.63) is 29.8 Å². The number of amides is 1. The Kier molecular flexibility index (Phi) is 7.75. The van der Waals surface area contributed by atoms with Crippen LogP contribution in [0.25, 0.3) is 0 Å². The number of rotatable bonds is 5. The summed E-state index contributed by atoms with van der Waals surface area (Å²) in [6.07, 6.45) is 0. The van der Waals surface area contributed by atoms with Crippen LogP contribution in [0.4, 0.5) is 0 Å². The van der Waals surface area contributed by atoms with Gasteiger partial charge in [0.05, 0.1) is 12.6 Å². The molecule has 1 rings (SSSR count). The lowest BCUT2D eigenvalue weighted by Crippen LogP contribution is -2.49. The van der Waals surface area contributed by atoms with Crippen LogP contribution in [0.5, 0.6) is 5.75 Å². The first-order chi connectivity index (χ1) is 9.23. The molecule has 0 saturated heterocycles. The van der Waals surface area contributed by atoms with E-state index in [4.69, 9.17) is 10.5 Å². The van der Waals surface area contributed by atoms with Crippen molar-refractivity contribution in [2.24, 2.45) is 11.1 Å². The van der Waals surface area contributed by atoms with Gasteiger partial charge in [-0.15, -0.1) is 12.4 Å². The number of hydrogen-bond donors (Lipinski definition) is 1. The average Bonchev–Trinajstić information content (AvgIpc) is 2.38. The fourth-order valence-electron chi connectivity index (χ4n) is 1.73. The van der Waals surface area contributed by atoms with Crippen molar-refractivity contribution in [3.63, 3.8) is 0 Å². The van der Waals surface area contributed by atoms with E-state index in [0.717, 1.165) is 11.3 Å². The molecule has 1 aromatic carbocycles. The molecule has 0 fully saturated rings. The summed E-state index contributed by atoms with van der Waals surface area (Å²) in [5.74, 6) is 0.805. The SMILES string of the molecule is Cc1ccccc1OCCN(C)C(=O)[C@@H](N)C(C)(C)C.Cl. The number of likely N-dealkylation sites (N-methyl/N-ethyl adjacent to an activating group) is 1. The zero-order valence-corrected chi connectivity index (χ0v) is 14.4. The van der Waals surface area contributed by atoms with Crippen LogP contribution in [-0.2, 0) is 4.79 Å². The first kappa shape index (κ1) is 19.7. The molecule has 0 aliphatic carbocycles. The van der Waals surface area contributed by atoms with Gasteiger partial charge in [-0.25, -0.2) is 0 Å². The largest absolute Gasteiger partial charge is 0.491 e. The molecule has 1 atom stereocenters. The Hall–Kier alpha value is -1.26. The van der Waals surface area contributed by atoms with E-state index in [0.29, 0.717) is 13.2 Å². The molecule has 4 nitrogen and oxygen atoms in total. The average molecular weight is 315 g/mol. The Morgan fingerprint density at radius 2 is 1.90 bits per heavy atom. The zero-order valence-electron chi connectivity index (χ0n) is 13.6. The van der Waals surface area contributed by atoms with Crippen molar-refractivity contribution in [2.45, 2.75) is 33.7 Å². The Balaban J connectivity index is 0.00000400. The van der Waals surface area contributed by atoms with Gasteiger partial charge >= 0.3 is 0 Å².